The Morgan fingerprint density at radius 1 is 1.00 bits per heavy atom. The molecule has 6 nitrogen and oxygen atoms in total. The Labute approximate surface area is 169 Å². The van der Waals surface area contributed by atoms with Crippen molar-refractivity contribution in [2.24, 2.45) is 0 Å². The molecule has 0 aliphatic heterocycles. The zero-order chi connectivity index (χ0) is 20.2. The first kappa shape index (κ1) is 18.6. The molecule has 0 saturated heterocycles. The lowest BCUT2D eigenvalue weighted by Gasteiger charge is -2.22. The van der Waals surface area contributed by atoms with Crippen molar-refractivity contribution in [3.63, 3.8) is 0 Å². The first-order chi connectivity index (χ1) is 14.1. The van der Waals surface area contributed by atoms with Gasteiger partial charge in [0, 0.05) is 23.6 Å². The van der Waals surface area contributed by atoms with Crippen LogP contribution in [0.25, 0.3) is 5.69 Å². The van der Waals surface area contributed by atoms with Gasteiger partial charge in [-0.2, -0.15) is 0 Å². The monoisotopic (exact) mass is 383 g/mol. The summed E-state index contributed by atoms with van der Waals surface area (Å²) in [5, 5.41) is 10.8. The van der Waals surface area contributed by atoms with E-state index in [9.17, 15) is 4.79 Å². The number of hydrogen-bond donors (Lipinski definition) is 1. The molecule has 0 saturated carbocycles. The molecule has 2 aromatic heterocycles. The molecule has 0 aliphatic rings. The van der Waals surface area contributed by atoms with E-state index in [1.807, 2.05) is 30.3 Å². The third-order valence-electron chi connectivity index (χ3n) is 4.85. The third kappa shape index (κ3) is 4.06. The van der Waals surface area contributed by atoms with Crippen LogP contribution in [0.4, 0.5) is 0 Å². The quantitative estimate of drug-likeness (QED) is 0.569. The predicted molar refractivity (Wildman–Crippen MR) is 111 cm³/mol. The normalized spacial score (nSPS) is 11.8. The number of aromatic nitrogens is 4. The highest BCUT2D eigenvalue weighted by Gasteiger charge is 2.20. The molecule has 0 unspecified atom stereocenters. The second-order valence-electron chi connectivity index (χ2n) is 6.97. The standard InChI is InChI=1S/C23H21N5O/c1-16-8-9-21(17(2)11-16)22(19-6-4-10-24-13-19)27-23(29)18-5-3-7-20(12-18)28-14-25-26-15-28/h3-15,22H,1-2H3,(H,27,29)/t22-/m1/s1. The van der Waals surface area contributed by atoms with Crippen molar-refractivity contribution in [1.82, 2.24) is 25.1 Å². The summed E-state index contributed by atoms with van der Waals surface area (Å²) in [7, 11) is 0. The minimum atomic E-state index is -0.296. The van der Waals surface area contributed by atoms with Gasteiger partial charge in [0.2, 0.25) is 0 Å². The zero-order valence-electron chi connectivity index (χ0n) is 16.3. The van der Waals surface area contributed by atoms with E-state index in [-0.39, 0.29) is 11.9 Å². The van der Waals surface area contributed by atoms with Crippen LogP contribution >= 0.6 is 0 Å². The number of hydrogen-bond acceptors (Lipinski definition) is 4. The maximum atomic E-state index is 13.1. The Kier molecular flexibility index (Phi) is 5.16. The van der Waals surface area contributed by atoms with Gasteiger partial charge in [-0.15, -0.1) is 10.2 Å². The Balaban J connectivity index is 1.68. The van der Waals surface area contributed by atoms with E-state index in [1.54, 1.807) is 35.7 Å². The lowest BCUT2D eigenvalue weighted by molar-refractivity contribution is 0.0943. The van der Waals surface area contributed by atoms with Crippen molar-refractivity contribution in [2.75, 3.05) is 0 Å². The van der Waals surface area contributed by atoms with Crippen molar-refractivity contribution in [3.05, 3.63) is 107 Å². The van der Waals surface area contributed by atoms with Crippen LogP contribution in [0.5, 0.6) is 0 Å². The highest BCUT2D eigenvalue weighted by atomic mass is 16.1. The van der Waals surface area contributed by atoms with Gasteiger partial charge in [0.1, 0.15) is 12.7 Å². The van der Waals surface area contributed by atoms with E-state index >= 15 is 0 Å². The molecule has 1 amide bonds. The molecule has 2 aromatic carbocycles. The molecular formula is C23H21N5O. The van der Waals surface area contributed by atoms with Crippen LogP contribution in [-0.2, 0) is 0 Å². The lowest BCUT2D eigenvalue weighted by Crippen LogP contribution is -2.30. The van der Waals surface area contributed by atoms with Crippen molar-refractivity contribution in [1.29, 1.82) is 0 Å². The smallest absolute Gasteiger partial charge is 0.252 e. The molecule has 6 heteroatoms. The minimum Gasteiger partial charge on any atom is -0.341 e. The topological polar surface area (TPSA) is 72.7 Å². The van der Waals surface area contributed by atoms with Gasteiger partial charge in [0.25, 0.3) is 5.91 Å². The Bertz CT molecular complexity index is 1120. The summed E-state index contributed by atoms with van der Waals surface area (Å²) >= 11 is 0. The van der Waals surface area contributed by atoms with Crippen molar-refractivity contribution < 1.29 is 4.79 Å². The number of nitrogens with zero attached hydrogens (tertiary/aromatic N) is 4. The van der Waals surface area contributed by atoms with Crippen molar-refractivity contribution in [2.45, 2.75) is 19.9 Å². The van der Waals surface area contributed by atoms with E-state index in [0.717, 1.165) is 22.4 Å². The molecule has 29 heavy (non-hydrogen) atoms. The molecule has 1 N–H and O–H groups in total. The van der Waals surface area contributed by atoms with Gasteiger partial charge in [0.05, 0.1) is 6.04 Å². The van der Waals surface area contributed by atoms with Gasteiger partial charge in [0.15, 0.2) is 0 Å². The number of benzene rings is 2. The van der Waals surface area contributed by atoms with Crippen LogP contribution in [0.2, 0.25) is 0 Å². The number of pyridine rings is 1. The summed E-state index contributed by atoms with van der Waals surface area (Å²) in [6.07, 6.45) is 6.72. The Morgan fingerprint density at radius 3 is 2.55 bits per heavy atom. The summed E-state index contributed by atoms with van der Waals surface area (Å²) in [5.41, 5.74) is 5.68. The second kappa shape index (κ2) is 8.06. The van der Waals surface area contributed by atoms with Crippen LogP contribution in [0.1, 0.15) is 38.7 Å². The third-order valence-corrected chi connectivity index (χ3v) is 4.85. The molecule has 1 atom stereocenters. The summed E-state index contributed by atoms with van der Waals surface area (Å²) < 4.78 is 1.76. The Morgan fingerprint density at radius 2 is 1.83 bits per heavy atom. The summed E-state index contributed by atoms with van der Waals surface area (Å²) in [4.78, 5) is 17.4. The summed E-state index contributed by atoms with van der Waals surface area (Å²) in [5.74, 6) is -0.159. The molecule has 4 aromatic rings. The maximum absolute atomic E-state index is 13.1. The highest BCUT2D eigenvalue weighted by molar-refractivity contribution is 5.95. The average molecular weight is 383 g/mol. The van der Waals surface area contributed by atoms with Crippen LogP contribution in [0.15, 0.2) is 79.6 Å². The number of carbonyl (C=O) groups excluding carboxylic acids is 1. The highest BCUT2D eigenvalue weighted by Crippen LogP contribution is 2.26. The number of amides is 1. The molecule has 0 radical (unpaired) electrons. The fraction of sp³-hybridized carbons (Fsp3) is 0.130. The molecular weight excluding hydrogens is 362 g/mol. The number of nitrogens with one attached hydrogen (secondary N) is 1. The second-order valence-corrected chi connectivity index (χ2v) is 6.97. The largest absolute Gasteiger partial charge is 0.341 e. The molecule has 0 spiro atoms. The average Bonchev–Trinajstić information content (AvgIpc) is 3.28. The minimum absolute atomic E-state index is 0.159. The van der Waals surface area contributed by atoms with E-state index in [1.165, 1.54) is 5.56 Å². The fourth-order valence-electron chi connectivity index (χ4n) is 3.39. The van der Waals surface area contributed by atoms with Crippen LogP contribution in [0.3, 0.4) is 0 Å². The van der Waals surface area contributed by atoms with Gasteiger partial charge >= 0.3 is 0 Å². The van der Waals surface area contributed by atoms with Crippen molar-refractivity contribution >= 4 is 5.91 Å². The predicted octanol–water partition coefficient (Wildman–Crippen LogP) is 3.80. The van der Waals surface area contributed by atoms with Gasteiger partial charge in [-0.1, -0.05) is 35.9 Å². The first-order valence-electron chi connectivity index (χ1n) is 9.35. The Hall–Kier alpha value is -3.80. The summed E-state index contributed by atoms with van der Waals surface area (Å²) in [6, 6.07) is 17.2. The molecule has 4 rings (SSSR count). The van der Waals surface area contributed by atoms with Crippen LogP contribution < -0.4 is 5.32 Å². The maximum Gasteiger partial charge on any atom is 0.252 e. The van der Waals surface area contributed by atoms with Gasteiger partial charge in [-0.05, 0) is 54.8 Å². The van der Waals surface area contributed by atoms with E-state index in [2.05, 4.69) is 52.5 Å². The number of carbonyl (C=O) groups is 1. The molecule has 2 heterocycles. The van der Waals surface area contributed by atoms with E-state index in [0.29, 0.717) is 5.56 Å². The fourth-order valence-corrected chi connectivity index (χ4v) is 3.39. The zero-order valence-corrected chi connectivity index (χ0v) is 16.3. The number of rotatable bonds is 5. The van der Waals surface area contributed by atoms with Gasteiger partial charge in [-0.25, -0.2) is 0 Å². The molecule has 144 valence electrons. The summed E-state index contributed by atoms with van der Waals surface area (Å²) in [6.45, 7) is 4.12. The van der Waals surface area contributed by atoms with Crippen molar-refractivity contribution in [3.8, 4) is 5.69 Å². The SMILES string of the molecule is Cc1ccc([C@H](NC(=O)c2cccc(-n3cnnc3)c2)c2cccnc2)c(C)c1. The molecule has 0 bridgehead atoms. The van der Waals surface area contributed by atoms with Gasteiger partial charge in [-0.3, -0.25) is 14.3 Å². The first-order valence-corrected chi connectivity index (χ1v) is 9.35. The van der Waals surface area contributed by atoms with Crippen LogP contribution in [-0.4, -0.2) is 25.7 Å². The lowest BCUT2D eigenvalue weighted by atomic mass is 9.94. The van der Waals surface area contributed by atoms with E-state index in [4.69, 9.17) is 0 Å². The molecule has 0 aliphatic carbocycles. The van der Waals surface area contributed by atoms with E-state index < -0.39 is 0 Å². The molecule has 0 fully saturated rings. The number of aryl methyl sites for hydroxylation is 2. The van der Waals surface area contributed by atoms with Crippen LogP contribution in [0, 0.1) is 13.8 Å². The van der Waals surface area contributed by atoms with Gasteiger partial charge < -0.3 is 5.32 Å².